The Morgan fingerprint density at radius 1 is 1.32 bits per heavy atom. The first-order chi connectivity index (χ1) is 9.20. The van der Waals surface area contributed by atoms with Crippen LogP contribution in [0.15, 0.2) is 36.7 Å². The summed E-state index contributed by atoms with van der Waals surface area (Å²) in [5.74, 6) is 0.899. The lowest BCUT2D eigenvalue weighted by atomic mass is 10.1. The lowest BCUT2D eigenvalue weighted by Gasteiger charge is -2.13. The van der Waals surface area contributed by atoms with Gasteiger partial charge >= 0.3 is 0 Å². The second-order valence-electron chi connectivity index (χ2n) is 4.80. The quantitative estimate of drug-likeness (QED) is 0.867. The fraction of sp³-hybridized carbons (Fsp3) is 0.400. The van der Waals surface area contributed by atoms with Gasteiger partial charge in [-0.05, 0) is 32.9 Å². The molecule has 0 aliphatic heterocycles. The summed E-state index contributed by atoms with van der Waals surface area (Å²) in [6.07, 6.45) is 5.01. The maximum absolute atomic E-state index is 5.83. The van der Waals surface area contributed by atoms with Gasteiger partial charge in [0.1, 0.15) is 5.75 Å². The molecule has 0 atom stereocenters. The van der Waals surface area contributed by atoms with Crippen LogP contribution in [0.4, 0.5) is 0 Å². The van der Waals surface area contributed by atoms with Crippen molar-refractivity contribution < 1.29 is 4.74 Å². The molecule has 0 saturated heterocycles. The Labute approximate surface area is 114 Å². The fourth-order valence-electron chi connectivity index (χ4n) is 1.94. The van der Waals surface area contributed by atoms with Crippen LogP contribution in [0.25, 0.3) is 11.1 Å². The molecule has 0 aliphatic carbocycles. The highest BCUT2D eigenvalue weighted by molar-refractivity contribution is 5.69. The Kier molecular flexibility index (Phi) is 4.58. The van der Waals surface area contributed by atoms with Crippen molar-refractivity contribution in [2.24, 2.45) is 5.73 Å². The topological polar surface area (TPSA) is 53.1 Å². The van der Waals surface area contributed by atoms with E-state index in [9.17, 15) is 0 Å². The molecule has 19 heavy (non-hydrogen) atoms. The zero-order chi connectivity index (χ0) is 13.7. The number of nitrogens with zero attached hydrogens (tertiary/aromatic N) is 2. The Hall–Kier alpha value is -1.81. The minimum Gasteiger partial charge on any atom is -0.490 e. The molecule has 2 N–H and O–H groups in total. The van der Waals surface area contributed by atoms with Crippen molar-refractivity contribution in [1.29, 1.82) is 0 Å². The highest BCUT2D eigenvalue weighted by Gasteiger charge is 2.09. The molecule has 1 aromatic heterocycles. The third kappa shape index (κ3) is 3.58. The average molecular weight is 259 g/mol. The third-order valence-electron chi connectivity index (χ3n) is 2.79. The number of ether oxygens (including phenoxy) is 1. The molecule has 1 heterocycles. The van der Waals surface area contributed by atoms with E-state index < -0.39 is 0 Å². The summed E-state index contributed by atoms with van der Waals surface area (Å²) in [5.41, 5.74) is 7.67. The molecule has 0 aliphatic rings. The van der Waals surface area contributed by atoms with E-state index in [1.807, 2.05) is 49.1 Å². The molecule has 0 unspecified atom stereocenters. The van der Waals surface area contributed by atoms with Crippen molar-refractivity contribution in [2.45, 2.75) is 32.9 Å². The van der Waals surface area contributed by atoms with Gasteiger partial charge in [0.2, 0.25) is 0 Å². The number of hydrogen-bond donors (Lipinski definition) is 1. The Balaban J connectivity index is 2.23. The van der Waals surface area contributed by atoms with E-state index in [2.05, 4.69) is 11.2 Å². The van der Waals surface area contributed by atoms with E-state index in [-0.39, 0.29) is 6.10 Å². The van der Waals surface area contributed by atoms with Crippen LogP contribution in [0.1, 0.15) is 20.3 Å². The number of rotatable bonds is 6. The van der Waals surface area contributed by atoms with Crippen molar-refractivity contribution in [3.05, 3.63) is 36.7 Å². The molecule has 4 heteroatoms. The summed E-state index contributed by atoms with van der Waals surface area (Å²) < 4.78 is 7.76. The van der Waals surface area contributed by atoms with Gasteiger partial charge in [0.05, 0.1) is 12.3 Å². The van der Waals surface area contributed by atoms with Gasteiger partial charge in [-0.1, -0.05) is 18.2 Å². The van der Waals surface area contributed by atoms with Gasteiger partial charge in [-0.3, -0.25) is 4.68 Å². The Morgan fingerprint density at radius 3 is 2.84 bits per heavy atom. The van der Waals surface area contributed by atoms with E-state index >= 15 is 0 Å². The zero-order valence-corrected chi connectivity index (χ0v) is 11.5. The number of hydrogen-bond acceptors (Lipinski definition) is 3. The van der Waals surface area contributed by atoms with E-state index in [4.69, 9.17) is 10.5 Å². The van der Waals surface area contributed by atoms with Crippen LogP contribution >= 0.6 is 0 Å². The first-order valence-electron chi connectivity index (χ1n) is 6.69. The molecular formula is C15H21N3O. The summed E-state index contributed by atoms with van der Waals surface area (Å²) in [7, 11) is 0. The van der Waals surface area contributed by atoms with Crippen LogP contribution in [0, 0.1) is 0 Å². The van der Waals surface area contributed by atoms with E-state index in [0.717, 1.165) is 29.8 Å². The molecule has 0 saturated carbocycles. The lowest BCUT2D eigenvalue weighted by molar-refractivity contribution is 0.243. The smallest absolute Gasteiger partial charge is 0.127 e. The summed E-state index contributed by atoms with van der Waals surface area (Å²) in [6.45, 7) is 5.59. The number of benzene rings is 1. The largest absolute Gasteiger partial charge is 0.490 e. The van der Waals surface area contributed by atoms with Gasteiger partial charge in [-0.15, -0.1) is 0 Å². The van der Waals surface area contributed by atoms with Crippen molar-refractivity contribution in [3.8, 4) is 16.9 Å². The van der Waals surface area contributed by atoms with Gasteiger partial charge in [-0.2, -0.15) is 5.10 Å². The second kappa shape index (κ2) is 6.38. The van der Waals surface area contributed by atoms with E-state index in [0.29, 0.717) is 6.54 Å². The van der Waals surface area contributed by atoms with Crippen LogP contribution in [0.2, 0.25) is 0 Å². The van der Waals surface area contributed by atoms with Gasteiger partial charge in [0, 0.05) is 23.9 Å². The summed E-state index contributed by atoms with van der Waals surface area (Å²) >= 11 is 0. The Bertz CT molecular complexity index is 520. The molecule has 0 fully saturated rings. The monoisotopic (exact) mass is 259 g/mol. The Morgan fingerprint density at radius 2 is 2.11 bits per heavy atom. The van der Waals surface area contributed by atoms with Crippen LogP contribution in [-0.2, 0) is 6.54 Å². The molecule has 2 rings (SSSR count). The van der Waals surface area contributed by atoms with Crippen LogP contribution in [0.5, 0.6) is 5.75 Å². The zero-order valence-electron chi connectivity index (χ0n) is 11.5. The van der Waals surface area contributed by atoms with E-state index in [1.54, 1.807) is 0 Å². The molecular weight excluding hydrogens is 238 g/mol. The first kappa shape index (κ1) is 13.6. The molecule has 4 nitrogen and oxygen atoms in total. The second-order valence-corrected chi connectivity index (χ2v) is 4.80. The van der Waals surface area contributed by atoms with E-state index in [1.165, 1.54) is 0 Å². The van der Waals surface area contributed by atoms with Crippen LogP contribution in [0.3, 0.4) is 0 Å². The highest BCUT2D eigenvalue weighted by Crippen LogP contribution is 2.30. The SMILES string of the molecule is CC(C)Oc1ccccc1-c1cnn(CCCN)c1. The lowest BCUT2D eigenvalue weighted by Crippen LogP contribution is -2.06. The molecule has 2 aromatic rings. The number of aryl methyl sites for hydroxylation is 1. The molecule has 102 valence electrons. The predicted molar refractivity (Wildman–Crippen MR) is 77.1 cm³/mol. The average Bonchev–Trinajstić information content (AvgIpc) is 2.85. The summed E-state index contributed by atoms with van der Waals surface area (Å²) in [6, 6.07) is 8.05. The van der Waals surface area contributed by atoms with Crippen molar-refractivity contribution >= 4 is 0 Å². The molecule has 0 spiro atoms. The summed E-state index contributed by atoms with van der Waals surface area (Å²) in [5, 5.41) is 4.36. The number of nitrogens with two attached hydrogens (primary N) is 1. The standard InChI is InChI=1S/C15H21N3O/c1-12(2)19-15-7-4-3-6-14(15)13-10-17-18(11-13)9-5-8-16/h3-4,6-7,10-12H,5,8-9,16H2,1-2H3. The minimum absolute atomic E-state index is 0.161. The summed E-state index contributed by atoms with van der Waals surface area (Å²) in [4.78, 5) is 0. The van der Waals surface area contributed by atoms with Crippen LogP contribution < -0.4 is 10.5 Å². The highest BCUT2D eigenvalue weighted by atomic mass is 16.5. The third-order valence-corrected chi connectivity index (χ3v) is 2.79. The maximum Gasteiger partial charge on any atom is 0.127 e. The normalized spacial score (nSPS) is 10.9. The van der Waals surface area contributed by atoms with Gasteiger partial charge in [0.25, 0.3) is 0 Å². The first-order valence-corrected chi connectivity index (χ1v) is 6.69. The molecule has 0 radical (unpaired) electrons. The molecule has 1 aromatic carbocycles. The predicted octanol–water partition coefficient (Wildman–Crippen LogP) is 2.69. The maximum atomic E-state index is 5.83. The number of aromatic nitrogens is 2. The number of para-hydroxylation sites is 1. The van der Waals surface area contributed by atoms with Crippen molar-refractivity contribution in [3.63, 3.8) is 0 Å². The molecule has 0 amide bonds. The van der Waals surface area contributed by atoms with Gasteiger partial charge in [-0.25, -0.2) is 0 Å². The van der Waals surface area contributed by atoms with Crippen molar-refractivity contribution in [2.75, 3.05) is 6.54 Å². The minimum atomic E-state index is 0.161. The van der Waals surface area contributed by atoms with Gasteiger partial charge in [0.15, 0.2) is 0 Å². The molecule has 0 bridgehead atoms. The van der Waals surface area contributed by atoms with Crippen molar-refractivity contribution in [1.82, 2.24) is 9.78 Å². The van der Waals surface area contributed by atoms with Crippen LogP contribution in [-0.4, -0.2) is 22.4 Å². The fourth-order valence-corrected chi connectivity index (χ4v) is 1.94. The van der Waals surface area contributed by atoms with Gasteiger partial charge < -0.3 is 10.5 Å².